The number of fused-ring (bicyclic) bond motifs is 1. The summed E-state index contributed by atoms with van der Waals surface area (Å²) >= 11 is 1.26. The van der Waals surface area contributed by atoms with Crippen LogP contribution in [0.5, 0.6) is 11.5 Å². The number of hydrogen-bond acceptors (Lipinski definition) is 7. The lowest BCUT2D eigenvalue weighted by Gasteiger charge is -2.36. The molecule has 9 heteroatoms. The second-order valence-electron chi connectivity index (χ2n) is 7.77. The fraction of sp³-hybridized carbons (Fsp3) is 0.409. The van der Waals surface area contributed by atoms with Gasteiger partial charge in [0.05, 0.1) is 11.3 Å². The molecule has 164 valence electrons. The molecule has 2 aliphatic rings. The molecule has 1 unspecified atom stereocenters. The van der Waals surface area contributed by atoms with E-state index in [1.165, 1.54) is 11.8 Å². The van der Waals surface area contributed by atoms with Gasteiger partial charge in [-0.25, -0.2) is 4.98 Å². The first-order valence-corrected chi connectivity index (χ1v) is 11.2. The molecule has 2 amide bonds. The number of carbonyl (C=O) groups is 2. The van der Waals surface area contributed by atoms with E-state index in [1.807, 2.05) is 19.0 Å². The fourth-order valence-corrected chi connectivity index (χ4v) is 4.49. The molecule has 0 spiro atoms. The van der Waals surface area contributed by atoms with Crippen LogP contribution in [0.4, 0.5) is 5.69 Å². The largest absolute Gasteiger partial charge is 0.454 e. The van der Waals surface area contributed by atoms with E-state index in [0.29, 0.717) is 40.4 Å². The second-order valence-corrected chi connectivity index (χ2v) is 8.74. The topological polar surface area (TPSA) is 84.0 Å². The number of benzene rings is 1. The zero-order valence-corrected chi connectivity index (χ0v) is 18.5. The maximum Gasteiger partial charge on any atom is 0.256 e. The van der Waals surface area contributed by atoms with Gasteiger partial charge in [0.15, 0.2) is 11.5 Å². The number of aromatic nitrogens is 1. The van der Waals surface area contributed by atoms with Crippen molar-refractivity contribution >= 4 is 29.3 Å². The summed E-state index contributed by atoms with van der Waals surface area (Å²) in [5.41, 5.74) is 1.18. The van der Waals surface area contributed by atoms with Crippen molar-refractivity contribution in [1.82, 2.24) is 14.8 Å². The van der Waals surface area contributed by atoms with Crippen LogP contribution in [0.15, 0.2) is 41.6 Å². The van der Waals surface area contributed by atoms with Crippen molar-refractivity contribution in [2.45, 2.75) is 23.9 Å². The van der Waals surface area contributed by atoms with Crippen molar-refractivity contribution in [3.05, 3.63) is 42.1 Å². The highest BCUT2D eigenvalue weighted by Gasteiger charge is 2.27. The molecular weight excluding hydrogens is 416 g/mol. The quantitative estimate of drug-likeness (QED) is 0.689. The zero-order valence-electron chi connectivity index (χ0n) is 17.7. The summed E-state index contributed by atoms with van der Waals surface area (Å²) in [5.74, 6) is 1.21. The van der Waals surface area contributed by atoms with Crippen LogP contribution >= 0.6 is 11.8 Å². The average Bonchev–Trinajstić information content (AvgIpc) is 3.25. The molecule has 1 fully saturated rings. The molecule has 1 N–H and O–H groups in total. The van der Waals surface area contributed by atoms with Gasteiger partial charge in [0, 0.05) is 37.1 Å². The molecule has 0 saturated carbocycles. The normalized spacial score (nSPS) is 17.6. The number of amides is 2. The number of hydrogen-bond donors (Lipinski definition) is 1. The molecule has 1 aromatic carbocycles. The molecule has 2 aromatic rings. The van der Waals surface area contributed by atoms with E-state index in [4.69, 9.17) is 9.47 Å². The summed E-state index contributed by atoms with van der Waals surface area (Å²) in [6.07, 6.45) is 3.72. The van der Waals surface area contributed by atoms with Crippen molar-refractivity contribution in [3.63, 3.8) is 0 Å². The zero-order chi connectivity index (χ0) is 21.8. The van der Waals surface area contributed by atoms with Crippen LogP contribution in [0.2, 0.25) is 0 Å². The SMILES string of the molecule is CN(C)C1CCCN(C(=O)c2cccnc2SCC(=O)Nc2ccc3c(c2)OCO3)C1. The Labute approximate surface area is 185 Å². The third-order valence-corrected chi connectivity index (χ3v) is 6.42. The standard InChI is InChI=1S/C22H26N4O4S/c1-25(2)16-5-4-10-26(12-16)22(28)17-6-3-9-23-21(17)31-13-20(27)24-15-7-8-18-19(11-15)30-14-29-18/h3,6-9,11,16H,4-5,10,12-14H2,1-2H3,(H,24,27). The van der Waals surface area contributed by atoms with Crippen molar-refractivity contribution in [1.29, 1.82) is 0 Å². The first-order chi connectivity index (χ1) is 15.0. The minimum absolute atomic E-state index is 0.0293. The number of rotatable bonds is 6. The molecule has 1 aromatic heterocycles. The molecular formula is C22H26N4O4S. The summed E-state index contributed by atoms with van der Waals surface area (Å²) < 4.78 is 10.6. The number of carbonyl (C=O) groups excluding carboxylic acids is 2. The van der Waals surface area contributed by atoms with E-state index in [0.717, 1.165) is 19.4 Å². The van der Waals surface area contributed by atoms with E-state index >= 15 is 0 Å². The Morgan fingerprint density at radius 1 is 1.26 bits per heavy atom. The van der Waals surface area contributed by atoms with Gasteiger partial charge in [-0.15, -0.1) is 0 Å². The van der Waals surface area contributed by atoms with Gasteiger partial charge in [0.1, 0.15) is 5.03 Å². The maximum atomic E-state index is 13.2. The predicted octanol–water partition coefficient (Wildman–Crippen LogP) is 2.71. The van der Waals surface area contributed by atoms with E-state index in [1.54, 1.807) is 36.5 Å². The Kier molecular flexibility index (Phi) is 6.62. The predicted molar refractivity (Wildman–Crippen MR) is 119 cm³/mol. The van der Waals surface area contributed by atoms with Crippen LogP contribution in [-0.2, 0) is 4.79 Å². The molecule has 8 nitrogen and oxygen atoms in total. The number of piperidine rings is 1. The number of likely N-dealkylation sites (tertiary alicyclic amines) is 1. The van der Waals surface area contributed by atoms with Crippen molar-refractivity contribution in [3.8, 4) is 11.5 Å². The lowest BCUT2D eigenvalue weighted by atomic mass is 10.0. The number of ether oxygens (including phenoxy) is 2. The molecule has 3 heterocycles. The number of pyridine rings is 1. The van der Waals surface area contributed by atoms with Crippen molar-refractivity contribution < 1.29 is 19.1 Å². The summed E-state index contributed by atoms with van der Waals surface area (Å²) in [5, 5.41) is 3.42. The second kappa shape index (κ2) is 9.57. The Bertz CT molecular complexity index is 968. The Balaban J connectivity index is 1.38. The average molecular weight is 443 g/mol. The number of anilines is 1. The first-order valence-electron chi connectivity index (χ1n) is 10.2. The number of thioether (sulfide) groups is 1. The van der Waals surface area contributed by atoms with Crippen LogP contribution in [0.3, 0.4) is 0 Å². The monoisotopic (exact) mass is 442 g/mol. The van der Waals surface area contributed by atoms with Gasteiger partial charge < -0.3 is 24.6 Å². The van der Waals surface area contributed by atoms with E-state index < -0.39 is 0 Å². The van der Waals surface area contributed by atoms with Crippen LogP contribution < -0.4 is 14.8 Å². The summed E-state index contributed by atoms with van der Waals surface area (Å²) in [6.45, 7) is 1.63. The molecule has 1 atom stereocenters. The van der Waals surface area contributed by atoms with Crippen molar-refractivity contribution in [2.24, 2.45) is 0 Å². The van der Waals surface area contributed by atoms with Crippen molar-refractivity contribution in [2.75, 3.05) is 45.0 Å². The van der Waals surface area contributed by atoms with E-state index in [9.17, 15) is 9.59 Å². The minimum atomic E-state index is -0.182. The lowest BCUT2D eigenvalue weighted by Crippen LogP contribution is -2.47. The maximum absolute atomic E-state index is 13.2. The molecule has 2 aliphatic heterocycles. The van der Waals surface area contributed by atoms with Gasteiger partial charge in [0.25, 0.3) is 5.91 Å². The third kappa shape index (κ3) is 5.11. The van der Waals surface area contributed by atoms with E-state index in [-0.39, 0.29) is 24.4 Å². The van der Waals surface area contributed by atoms with Crippen LogP contribution in [0.25, 0.3) is 0 Å². The number of nitrogens with one attached hydrogen (secondary N) is 1. The van der Waals surface area contributed by atoms with Gasteiger partial charge >= 0.3 is 0 Å². The minimum Gasteiger partial charge on any atom is -0.454 e. The van der Waals surface area contributed by atoms with Crippen LogP contribution in [-0.4, -0.2) is 72.4 Å². The molecule has 0 radical (unpaired) electrons. The van der Waals surface area contributed by atoms with E-state index in [2.05, 4.69) is 15.2 Å². The number of likely N-dealkylation sites (N-methyl/N-ethyl adjacent to an activating group) is 1. The van der Waals surface area contributed by atoms with Gasteiger partial charge in [0.2, 0.25) is 12.7 Å². The molecule has 31 heavy (non-hydrogen) atoms. The Morgan fingerprint density at radius 2 is 2.10 bits per heavy atom. The van der Waals surface area contributed by atoms with Gasteiger partial charge in [-0.2, -0.15) is 0 Å². The highest BCUT2D eigenvalue weighted by Crippen LogP contribution is 2.34. The third-order valence-electron chi connectivity index (χ3n) is 5.41. The smallest absolute Gasteiger partial charge is 0.256 e. The molecule has 4 rings (SSSR count). The van der Waals surface area contributed by atoms with Gasteiger partial charge in [-0.1, -0.05) is 11.8 Å². The summed E-state index contributed by atoms with van der Waals surface area (Å²) in [7, 11) is 4.09. The van der Waals surface area contributed by atoms with Crippen LogP contribution in [0.1, 0.15) is 23.2 Å². The highest BCUT2D eigenvalue weighted by atomic mass is 32.2. The highest BCUT2D eigenvalue weighted by molar-refractivity contribution is 8.00. The Hall–Kier alpha value is -2.78. The van der Waals surface area contributed by atoms with Gasteiger partial charge in [-0.05, 0) is 51.2 Å². The molecule has 0 aliphatic carbocycles. The summed E-state index contributed by atoms with van der Waals surface area (Å²) in [4.78, 5) is 34.0. The first kappa shape index (κ1) is 21.5. The van der Waals surface area contributed by atoms with Gasteiger partial charge in [-0.3, -0.25) is 9.59 Å². The molecule has 1 saturated heterocycles. The summed E-state index contributed by atoms with van der Waals surface area (Å²) in [6, 6.07) is 9.17. The Morgan fingerprint density at radius 3 is 2.94 bits per heavy atom. The van der Waals surface area contributed by atoms with Crippen LogP contribution in [0, 0.1) is 0 Å². The lowest BCUT2D eigenvalue weighted by molar-refractivity contribution is -0.113. The molecule has 0 bridgehead atoms. The fourth-order valence-electron chi connectivity index (χ4n) is 3.70. The number of nitrogens with zero attached hydrogens (tertiary/aromatic N) is 3.